The lowest BCUT2D eigenvalue weighted by Gasteiger charge is -2.25. The smallest absolute Gasteiger partial charge is 0.226 e. The lowest BCUT2D eigenvalue weighted by molar-refractivity contribution is -0.135. The molecule has 0 aromatic carbocycles. The fourth-order valence-corrected chi connectivity index (χ4v) is 1.45. The van der Waals surface area contributed by atoms with Gasteiger partial charge in [0, 0.05) is 25.6 Å². The van der Waals surface area contributed by atoms with Crippen LogP contribution in [0.5, 0.6) is 0 Å². The van der Waals surface area contributed by atoms with Gasteiger partial charge in [-0.15, -0.1) is 0 Å². The zero-order valence-electron chi connectivity index (χ0n) is 10.1. The van der Waals surface area contributed by atoms with Gasteiger partial charge in [-0.3, -0.25) is 4.79 Å². The molecule has 1 N–H and O–H groups in total. The third-order valence-corrected chi connectivity index (χ3v) is 2.34. The van der Waals surface area contributed by atoms with E-state index in [2.05, 4.69) is 11.4 Å². The van der Waals surface area contributed by atoms with Crippen LogP contribution in [0.15, 0.2) is 0 Å². The summed E-state index contributed by atoms with van der Waals surface area (Å²) < 4.78 is 0. The van der Waals surface area contributed by atoms with Gasteiger partial charge in [0.05, 0.1) is 12.0 Å². The SMILES string of the molecule is CCN(CC(C)C#N)C(=O)C(C)CNC. The van der Waals surface area contributed by atoms with Crippen LogP contribution in [-0.2, 0) is 4.79 Å². The van der Waals surface area contributed by atoms with Crippen molar-refractivity contribution < 1.29 is 4.79 Å². The number of nitrogens with one attached hydrogen (secondary N) is 1. The van der Waals surface area contributed by atoms with E-state index in [4.69, 9.17) is 5.26 Å². The molecule has 0 aliphatic rings. The predicted octanol–water partition coefficient (Wildman–Crippen LogP) is 0.850. The number of hydrogen-bond donors (Lipinski definition) is 1. The van der Waals surface area contributed by atoms with Gasteiger partial charge >= 0.3 is 0 Å². The van der Waals surface area contributed by atoms with Gasteiger partial charge in [-0.2, -0.15) is 5.26 Å². The summed E-state index contributed by atoms with van der Waals surface area (Å²) in [5, 5.41) is 11.7. The quantitative estimate of drug-likeness (QED) is 0.708. The molecule has 0 rings (SSSR count). The fraction of sp³-hybridized carbons (Fsp3) is 0.818. The van der Waals surface area contributed by atoms with E-state index in [1.807, 2.05) is 27.8 Å². The molecular formula is C11H21N3O. The van der Waals surface area contributed by atoms with Crippen LogP contribution in [-0.4, -0.2) is 37.5 Å². The molecule has 0 spiro atoms. The highest BCUT2D eigenvalue weighted by Crippen LogP contribution is 2.05. The summed E-state index contributed by atoms with van der Waals surface area (Å²) in [6.07, 6.45) is 0. The molecule has 0 fully saturated rings. The molecule has 0 aromatic rings. The highest BCUT2D eigenvalue weighted by atomic mass is 16.2. The van der Waals surface area contributed by atoms with Crippen molar-refractivity contribution in [2.75, 3.05) is 26.7 Å². The summed E-state index contributed by atoms with van der Waals surface area (Å²) in [5.41, 5.74) is 0. The van der Waals surface area contributed by atoms with Crippen LogP contribution in [0.3, 0.4) is 0 Å². The van der Waals surface area contributed by atoms with Gasteiger partial charge in [0.1, 0.15) is 0 Å². The third kappa shape index (κ3) is 4.80. The van der Waals surface area contributed by atoms with Gasteiger partial charge in [0.15, 0.2) is 0 Å². The normalized spacial score (nSPS) is 14.1. The van der Waals surface area contributed by atoms with Gasteiger partial charge in [0.25, 0.3) is 0 Å². The van der Waals surface area contributed by atoms with Crippen molar-refractivity contribution >= 4 is 5.91 Å². The van der Waals surface area contributed by atoms with Crippen molar-refractivity contribution in [2.24, 2.45) is 11.8 Å². The van der Waals surface area contributed by atoms with Crippen LogP contribution in [0.25, 0.3) is 0 Å². The van der Waals surface area contributed by atoms with Gasteiger partial charge in [-0.25, -0.2) is 0 Å². The first-order valence-electron chi connectivity index (χ1n) is 5.39. The molecule has 0 radical (unpaired) electrons. The summed E-state index contributed by atoms with van der Waals surface area (Å²) in [6.45, 7) is 7.54. The summed E-state index contributed by atoms with van der Waals surface area (Å²) in [4.78, 5) is 13.6. The molecule has 15 heavy (non-hydrogen) atoms. The van der Waals surface area contributed by atoms with Crippen molar-refractivity contribution in [1.82, 2.24) is 10.2 Å². The van der Waals surface area contributed by atoms with Crippen molar-refractivity contribution in [3.05, 3.63) is 0 Å². The number of carbonyl (C=O) groups excluding carboxylic acids is 1. The Kier molecular flexibility index (Phi) is 6.72. The largest absolute Gasteiger partial charge is 0.341 e. The van der Waals surface area contributed by atoms with Crippen LogP contribution >= 0.6 is 0 Å². The van der Waals surface area contributed by atoms with Crippen LogP contribution in [0.1, 0.15) is 20.8 Å². The van der Waals surface area contributed by atoms with Crippen LogP contribution in [0, 0.1) is 23.2 Å². The maximum Gasteiger partial charge on any atom is 0.226 e. The first-order chi connectivity index (χ1) is 7.06. The van der Waals surface area contributed by atoms with E-state index < -0.39 is 0 Å². The van der Waals surface area contributed by atoms with Gasteiger partial charge < -0.3 is 10.2 Å². The standard InChI is InChI=1S/C11H21N3O/c1-5-14(8-9(2)6-12)11(15)10(3)7-13-4/h9-10,13H,5,7-8H2,1-4H3. The van der Waals surface area contributed by atoms with Crippen LogP contribution in [0.4, 0.5) is 0 Å². The van der Waals surface area contributed by atoms with Crippen LogP contribution in [0.2, 0.25) is 0 Å². The maximum absolute atomic E-state index is 11.9. The highest BCUT2D eigenvalue weighted by Gasteiger charge is 2.19. The average Bonchev–Trinajstić information content (AvgIpc) is 2.24. The summed E-state index contributed by atoms with van der Waals surface area (Å²) in [5.74, 6) is -0.00882. The van der Waals surface area contributed by atoms with E-state index in [9.17, 15) is 4.79 Å². The second-order valence-corrected chi connectivity index (χ2v) is 3.87. The summed E-state index contributed by atoms with van der Waals surface area (Å²) in [7, 11) is 1.83. The molecule has 0 heterocycles. The van der Waals surface area contributed by atoms with Crippen molar-refractivity contribution in [2.45, 2.75) is 20.8 Å². The molecule has 0 saturated heterocycles. The van der Waals surface area contributed by atoms with Crippen LogP contribution < -0.4 is 5.32 Å². The lowest BCUT2D eigenvalue weighted by atomic mass is 10.1. The minimum absolute atomic E-state index is 0.0270. The van der Waals surface area contributed by atoms with Crippen molar-refractivity contribution in [3.63, 3.8) is 0 Å². The monoisotopic (exact) mass is 211 g/mol. The predicted molar refractivity (Wildman–Crippen MR) is 60.1 cm³/mol. The number of carbonyl (C=O) groups is 1. The van der Waals surface area contributed by atoms with E-state index in [0.29, 0.717) is 19.6 Å². The Morgan fingerprint density at radius 1 is 1.53 bits per heavy atom. The number of nitriles is 1. The zero-order chi connectivity index (χ0) is 11.8. The third-order valence-electron chi connectivity index (χ3n) is 2.34. The molecule has 2 atom stereocenters. The molecule has 0 saturated carbocycles. The van der Waals surface area contributed by atoms with E-state index in [0.717, 1.165) is 0 Å². The summed E-state index contributed by atoms with van der Waals surface area (Å²) in [6, 6.07) is 2.15. The molecule has 4 nitrogen and oxygen atoms in total. The Balaban J connectivity index is 4.28. The minimum Gasteiger partial charge on any atom is -0.341 e. The van der Waals surface area contributed by atoms with Gasteiger partial charge in [0.2, 0.25) is 5.91 Å². The topological polar surface area (TPSA) is 56.1 Å². The number of nitrogens with zero attached hydrogens (tertiary/aromatic N) is 2. The highest BCUT2D eigenvalue weighted by molar-refractivity contribution is 5.78. The van der Waals surface area contributed by atoms with E-state index in [-0.39, 0.29) is 17.7 Å². The molecule has 86 valence electrons. The Morgan fingerprint density at radius 2 is 2.13 bits per heavy atom. The number of rotatable bonds is 6. The lowest BCUT2D eigenvalue weighted by Crippen LogP contribution is -2.40. The van der Waals surface area contributed by atoms with Gasteiger partial charge in [-0.05, 0) is 20.9 Å². The van der Waals surface area contributed by atoms with E-state index in [1.54, 1.807) is 4.90 Å². The van der Waals surface area contributed by atoms with E-state index >= 15 is 0 Å². The number of amides is 1. The zero-order valence-corrected chi connectivity index (χ0v) is 10.1. The van der Waals surface area contributed by atoms with Crippen molar-refractivity contribution in [3.8, 4) is 6.07 Å². The molecular weight excluding hydrogens is 190 g/mol. The van der Waals surface area contributed by atoms with E-state index in [1.165, 1.54) is 0 Å². The Hall–Kier alpha value is -1.08. The second-order valence-electron chi connectivity index (χ2n) is 3.87. The molecule has 0 bridgehead atoms. The first-order valence-corrected chi connectivity index (χ1v) is 5.39. The maximum atomic E-state index is 11.9. The first kappa shape index (κ1) is 13.9. The van der Waals surface area contributed by atoms with Gasteiger partial charge in [-0.1, -0.05) is 6.92 Å². The number of hydrogen-bond acceptors (Lipinski definition) is 3. The summed E-state index contributed by atoms with van der Waals surface area (Å²) >= 11 is 0. The molecule has 2 unspecified atom stereocenters. The second kappa shape index (κ2) is 7.24. The molecule has 0 aliphatic carbocycles. The molecule has 1 amide bonds. The molecule has 4 heteroatoms. The Labute approximate surface area is 92.3 Å². The Morgan fingerprint density at radius 3 is 2.53 bits per heavy atom. The Bertz CT molecular complexity index is 234. The minimum atomic E-state index is -0.101. The average molecular weight is 211 g/mol. The van der Waals surface area contributed by atoms with Crippen molar-refractivity contribution in [1.29, 1.82) is 5.26 Å². The molecule has 0 aliphatic heterocycles. The molecule has 0 aromatic heterocycles. The fourth-order valence-electron chi connectivity index (χ4n) is 1.45.